The highest BCUT2D eigenvalue weighted by molar-refractivity contribution is 7.84. The van der Waals surface area contributed by atoms with Crippen molar-refractivity contribution >= 4 is 41.8 Å². The molecule has 0 aliphatic heterocycles. The molecule has 136 valence electrons. The number of nitrogens with one attached hydrogen (secondary N) is 3. The average molecular weight is 365 g/mol. The number of primary amides is 2. The van der Waals surface area contributed by atoms with Gasteiger partial charge in [0.15, 0.2) is 11.5 Å². The maximum atomic E-state index is 11.7. The Morgan fingerprint density at radius 1 is 1.36 bits per heavy atom. The van der Waals surface area contributed by atoms with Gasteiger partial charge in [-0.05, 0) is 18.4 Å². The number of hydrogen-bond acceptors (Lipinski definition) is 8. The van der Waals surface area contributed by atoms with E-state index in [1.807, 2.05) is 20.8 Å². The number of anilines is 2. The van der Waals surface area contributed by atoms with E-state index in [0.29, 0.717) is 0 Å². The molecule has 1 aromatic rings. The fourth-order valence-corrected chi connectivity index (χ4v) is 2.25. The van der Waals surface area contributed by atoms with Crippen LogP contribution in [0.4, 0.5) is 11.6 Å². The van der Waals surface area contributed by atoms with Gasteiger partial charge in [0, 0.05) is 5.71 Å². The summed E-state index contributed by atoms with van der Waals surface area (Å²) in [6.45, 7) is 7.11. The van der Waals surface area contributed by atoms with E-state index in [-0.39, 0.29) is 28.1 Å². The maximum Gasteiger partial charge on any atom is 0.271 e. The molecule has 1 heterocycles. The van der Waals surface area contributed by atoms with Crippen molar-refractivity contribution in [3.8, 4) is 0 Å². The number of rotatable bonds is 7. The zero-order valence-electron chi connectivity index (χ0n) is 14.5. The number of carbonyl (C=O) groups excluding carboxylic acids is 2. The first-order chi connectivity index (χ1) is 11.4. The molecule has 0 bridgehead atoms. The predicted molar refractivity (Wildman–Crippen MR) is 101 cm³/mol. The van der Waals surface area contributed by atoms with Gasteiger partial charge in [-0.3, -0.25) is 9.59 Å². The number of aromatic nitrogens is 2. The van der Waals surface area contributed by atoms with Crippen molar-refractivity contribution in [3.63, 3.8) is 0 Å². The molecular weight excluding hydrogens is 342 g/mol. The standard InChI is InChI=1S/C15H23N7O2S/c1-7(16)5-9(25)22-14-10(12(17)23)19-6-8(21-14)20-11(13(18)24)15(2,3)4/h5-6,11,16,25H,1-4H3,(H2,17,23)(H2,18,24)(H2,20,21,22)/b9-5-,16-7?/t11-/m0/s1. The normalized spacial score (nSPS) is 13.1. The van der Waals surface area contributed by atoms with E-state index in [2.05, 4.69) is 33.2 Å². The molecule has 1 atom stereocenters. The molecule has 0 spiro atoms. The number of nitrogens with two attached hydrogens (primary N) is 2. The molecule has 25 heavy (non-hydrogen) atoms. The monoisotopic (exact) mass is 365 g/mol. The Kier molecular flexibility index (Phi) is 6.51. The lowest BCUT2D eigenvalue weighted by atomic mass is 9.86. The van der Waals surface area contributed by atoms with E-state index >= 15 is 0 Å². The smallest absolute Gasteiger partial charge is 0.271 e. The third kappa shape index (κ3) is 6.07. The van der Waals surface area contributed by atoms with Crippen LogP contribution in [-0.4, -0.2) is 33.5 Å². The molecule has 0 radical (unpaired) electrons. The SMILES string of the molecule is CC(=N)/C=C(\S)Nc1nc(N[C@@H](C(N)=O)C(C)(C)C)cnc1C(N)=O. The largest absolute Gasteiger partial charge is 0.368 e. The Morgan fingerprint density at radius 2 is 1.96 bits per heavy atom. The second-order valence-corrected chi connectivity index (χ2v) is 6.98. The van der Waals surface area contributed by atoms with Crippen LogP contribution in [0.15, 0.2) is 17.3 Å². The van der Waals surface area contributed by atoms with Gasteiger partial charge in [-0.2, -0.15) is 0 Å². The molecule has 0 unspecified atom stereocenters. The van der Waals surface area contributed by atoms with E-state index in [9.17, 15) is 9.59 Å². The van der Waals surface area contributed by atoms with Crippen LogP contribution in [0.2, 0.25) is 0 Å². The van der Waals surface area contributed by atoms with Crippen molar-refractivity contribution in [2.45, 2.75) is 33.7 Å². The van der Waals surface area contributed by atoms with Gasteiger partial charge in [0.05, 0.1) is 11.2 Å². The fraction of sp³-hybridized carbons (Fsp3) is 0.400. The molecule has 0 aliphatic rings. The molecule has 10 heteroatoms. The summed E-state index contributed by atoms with van der Waals surface area (Å²) in [6.07, 6.45) is 2.72. The van der Waals surface area contributed by atoms with E-state index in [1.54, 1.807) is 6.92 Å². The van der Waals surface area contributed by atoms with Crippen molar-refractivity contribution in [1.82, 2.24) is 9.97 Å². The molecule has 9 nitrogen and oxygen atoms in total. The minimum absolute atomic E-state index is 0.0529. The first-order valence-corrected chi connectivity index (χ1v) is 7.82. The van der Waals surface area contributed by atoms with Crippen LogP contribution >= 0.6 is 12.6 Å². The molecule has 0 fully saturated rings. The van der Waals surface area contributed by atoms with Gasteiger partial charge in [0.25, 0.3) is 5.91 Å². The Morgan fingerprint density at radius 3 is 2.40 bits per heavy atom. The van der Waals surface area contributed by atoms with Crippen LogP contribution < -0.4 is 22.1 Å². The maximum absolute atomic E-state index is 11.7. The van der Waals surface area contributed by atoms with Gasteiger partial charge in [-0.15, -0.1) is 12.6 Å². The predicted octanol–water partition coefficient (Wildman–Crippen LogP) is 1.11. The Balaban J connectivity index is 3.24. The molecule has 1 rings (SSSR count). The highest BCUT2D eigenvalue weighted by atomic mass is 32.1. The first-order valence-electron chi connectivity index (χ1n) is 7.37. The molecule has 0 aromatic carbocycles. The van der Waals surface area contributed by atoms with Crippen LogP contribution in [0.3, 0.4) is 0 Å². The van der Waals surface area contributed by atoms with E-state index in [1.165, 1.54) is 12.3 Å². The summed E-state index contributed by atoms with van der Waals surface area (Å²) in [5.74, 6) is -1.04. The van der Waals surface area contributed by atoms with Gasteiger partial charge in [-0.1, -0.05) is 20.8 Å². The lowest BCUT2D eigenvalue weighted by Crippen LogP contribution is -2.45. The summed E-state index contributed by atoms with van der Waals surface area (Å²) in [7, 11) is 0. The second-order valence-electron chi connectivity index (χ2n) is 6.50. The molecule has 1 aromatic heterocycles. The van der Waals surface area contributed by atoms with Crippen LogP contribution in [0.1, 0.15) is 38.2 Å². The summed E-state index contributed by atoms with van der Waals surface area (Å²) >= 11 is 4.17. The summed E-state index contributed by atoms with van der Waals surface area (Å²) in [5.41, 5.74) is 10.4. The van der Waals surface area contributed by atoms with E-state index < -0.39 is 23.3 Å². The Hall–Kier alpha value is -2.62. The van der Waals surface area contributed by atoms with Crippen molar-refractivity contribution in [2.24, 2.45) is 16.9 Å². The quantitative estimate of drug-likeness (QED) is 0.313. The van der Waals surface area contributed by atoms with E-state index in [0.717, 1.165) is 0 Å². The minimum atomic E-state index is -0.781. The van der Waals surface area contributed by atoms with Crippen molar-refractivity contribution < 1.29 is 9.59 Å². The van der Waals surface area contributed by atoms with Crippen LogP contribution in [0.25, 0.3) is 0 Å². The van der Waals surface area contributed by atoms with Crippen molar-refractivity contribution in [2.75, 3.05) is 10.6 Å². The van der Waals surface area contributed by atoms with Crippen molar-refractivity contribution in [1.29, 1.82) is 5.41 Å². The number of nitrogens with zero attached hydrogens (tertiary/aromatic N) is 2. The summed E-state index contributed by atoms with van der Waals surface area (Å²) < 4.78 is 0. The van der Waals surface area contributed by atoms with Gasteiger partial charge in [-0.25, -0.2) is 9.97 Å². The highest BCUT2D eigenvalue weighted by Crippen LogP contribution is 2.23. The molecule has 0 aliphatic carbocycles. The molecule has 7 N–H and O–H groups in total. The first kappa shape index (κ1) is 20.4. The summed E-state index contributed by atoms with van der Waals surface area (Å²) in [4.78, 5) is 31.4. The number of hydrogen-bond donors (Lipinski definition) is 6. The average Bonchev–Trinajstić information content (AvgIpc) is 2.41. The number of thiol groups is 1. The van der Waals surface area contributed by atoms with Crippen LogP contribution in [0, 0.1) is 10.8 Å². The molecule has 2 amide bonds. The Labute approximate surface area is 151 Å². The number of amides is 2. The summed E-state index contributed by atoms with van der Waals surface area (Å²) in [6, 6.07) is -0.705. The lowest BCUT2D eigenvalue weighted by Gasteiger charge is -2.29. The molecular formula is C15H23N7O2S. The van der Waals surface area contributed by atoms with Crippen LogP contribution in [-0.2, 0) is 4.79 Å². The molecule has 0 saturated heterocycles. The fourth-order valence-electron chi connectivity index (χ4n) is 1.95. The third-order valence-corrected chi connectivity index (χ3v) is 3.29. The van der Waals surface area contributed by atoms with Gasteiger partial charge < -0.3 is 27.5 Å². The van der Waals surface area contributed by atoms with Crippen molar-refractivity contribution in [3.05, 3.63) is 23.0 Å². The second kappa shape index (κ2) is 7.97. The van der Waals surface area contributed by atoms with Gasteiger partial charge in [0.2, 0.25) is 5.91 Å². The van der Waals surface area contributed by atoms with E-state index in [4.69, 9.17) is 16.9 Å². The Bertz CT molecular complexity index is 725. The van der Waals surface area contributed by atoms with Gasteiger partial charge >= 0.3 is 0 Å². The summed E-state index contributed by atoms with van der Waals surface area (Å²) in [5, 5.41) is 13.4. The topological polar surface area (TPSA) is 160 Å². The minimum Gasteiger partial charge on any atom is -0.368 e. The third-order valence-electron chi connectivity index (χ3n) is 3.05. The van der Waals surface area contributed by atoms with Gasteiger partial charge in [0.1, 0.15) is 11.9 Å². The number of allylic oxidation sites excluding steroid dienone is 1. The zero-order chi connectivity index (χ0) is 19.4. The van der Waals surface area contributed by atoms with Crippen LogP contribution in [0.5, 0.6) is 0 Å². The zero-order valence-corrected chi connectivity index (χ0v) is 15.4. The lowest BCUT2D eigenvalue weighted by molar-refractivity contribution is -0.120. The molecule has 0 saturated carbocycles. The highest BCUT2D eigenvalue weighted by Gasteiger charge is 2.30. The number of carbonyl (C=O) groups is 2.